The quantitative estimate of drug-likeness (QED) is 0.0773. The van der Waals surface area contributed by atoms with Gasteiger partial charge >= 0.3 is 5.97 Å². The first-order valence-corrected chi connectivity index (χ1v) is 13.9. The molecule has 5 rings (SSSR count). The standard InChI is InChI=1S/C32H30O15/c1-42-21-10-15(5-7-17(21)34)20-11-19(36)26-22(45-20)12-23(31(43-2)28(26)39)46-32-30(41)29(40)27(38)24(47-32)13-44-25(37)8-4-14-3-6-16(33)18(35)9-14/h3-12,24,27,29-30,32-35,38-41H,13H2,1-2H3. The van der Waals surface area contributed by atoms with Crippen LogP contribution >= 0.6 is 0 Å². The van der Waals surface area contributed by atoms with E-state index >= 15 is 0 Å². The van der Waals surface area contributed by atoms with Crippen LogP contribution < -0.4 is 19.6 Å². The van der Waals surface area contributed by atoms with E-state index in [1.165, 1.54) is 62.8 Å². The Balaban J connectivity index is 1.38. The van der Waals surface area contributed by atoms with Crippen molar-refractivity contribution in [2.45, 2.75) is 30.7 Å². The van der Waals surface area contributed by atoms with Gasteiger partial charge in [0, 0.05) is 23.8 Å². The molecular formula is C32H30O15. The second-order valence-electron chi connectivity index (χ2n) is 10.3. The van der Waals surface area contributed by atoms with Crippen LogP contribution in [0.25, 0.3) is 28.4 Å². The molecule has 0 aliphatic carbocycles. The zero-order valence-electron chi connectivity index (χ0n) is 24.8. The lowest BCUT2D eigenvalue weighted by atomic mass is 9.99. The molecule has 7 N–H and O–H groups in total. The van der Waals surface area contributed by atoms with Gasteiger partial charge in [0.15, 0.2) is 39.9 Å². The summed E-state index contributed by atoms with van der Waals surface area (Å²) in [5, 5.41) is 71.3. The van der Waals surface area contributed by atoms with E-state index < -0.39 is 60.2 Å². The van der Waals surface area contributed by atoms with Crippen LogP contribution in [0.4, 0.5) is 0 Å². The summed E-state index contributed by atoms with van der Waals surface area (Å²) >= 11 is 0. The third-order valence-electron chi connectivity index (χ3n) is 7.29. The van der Waals surface area contributed by atoms with Gasteiger partial charge in [-0.3, -0.25) is 4.79 Å². The van der Waals surface area contributed by atoms with Gasteiger partial charge in [0.1, 0.15) is 47.8 Å². The number of aromatic hydroxyl groups is 4. The smallest absolute Gasteiger partial charge is 0.330 e. The highest BCUT2D eigenvalue weighted by molar-refractivity contribution is 5.90. The van der Waals surface area contributed by atoms with Crippen molar-refractivity contribution < 1.29 is 68.6 Å². The van der Waals surface area contributed by atoms with Crippen LogP contribution in [0.1, 0.15) is 5.56 Å². The maximum Gasteiger partial charge on any atom is 0.330 e. The number of carbonyl (C=O) groups excluding carboxylic acids is 1. The van der Waals surface area contributed by atoms with Crippen LogP contribution in [0.3, 0.4) is 0 Å². The summed E-state index contributed by atoms with van der Waals surface area (Å²) in [6, 6.07) is 10.4. The summed E-state index contributed by atoms with van der Waals surface area (Å²) < 4.78 is 32.7. The largest absolute Gasteiger partial charge is 0.504 e. The molecule has 3 aromatic carbocycles. The summed E-state index contributed by atoms with van der Waals surface area (Å²) in [6.45, 7) is -0.594. The highest BCUT2D eigenvalue weighted by Gasteiger charge is 2.46. The van der Waals surface area contributed by atoms with Crippen molar-refractivity contribution in [3.05, 3.63) is 70.4 Å². The third kappa shape index (κ3) is 6.73. The number of hydrogen-bond donors (Lipinski definition) is 7. The van der Waals surface area contributed by atoms with E-state index in [2.05, 4.69) is 0 Å². The molecule has 1 fully saturated rings. The Labute approximate surface area is 265 Å². The number of hydrogen-bond acceptors (Lipinski definition) is 15. The van der Waals surface area contributed by atoms with E-state index in [-0.39, 0.29) is 45.5 Å². The monoisotopic (exact) mass is 654 g/mol. The van der Waals surface area contributed by atoms with E-state index in [4.69, 9.17) is 28.1 Å². The number of carbonyl (C=O) groups is 1. The summed E-state index contributed by atoms with van der Waals surface area (Å²) in [5.41, 5.74) is -0.0937. The Kier molecular flexibility index (Phi) is 9.44. The normalized spacial score (nSPS) is 21.1. The molecule has 0 spiro atoms. The van der Waals surface area contributed by atoms with Crippen LogP contribution in [-0.2, 0) is 14.3 Å². The van der Waals surface area contributed by atoms with Crippen molar-refractivity contribution in [3.8, 4) is 51.6 Å². The summed E-state index contributed by atoms with van der Waals surface area (Å²) in [7, 11) is 2.53. The molecule has 248 valence electrons. The molecule has 15 nitrogen and oxygen atoms in total. The highest BCUT2D eigenvalue weighted by Crippen LogP contribution is 2.44. The minimum atomic E-state index is -1.84. The Morgan fingerprint density at radius 2 is 1.60 bits per heavy atom. The Bertz CT molecular complexity index is 1880. The van der Waals surface area contributed by atoms with Crippen LogP contribution in [0.2, 0.25) is 0 Å². The zero-order chi connectivity index (χ0) is 34.0. The fourth-order valence-corrected chi connectivity index (χ4v) is 4.82. The van der Waals surface area contributed by atoms with Gasteiger partial charge in [0.2, 0.25) is 12.0 Å². The van der Waals surface area contributed by atoms with Crippen LogP contribution in [0.5, 0.6) is 40.2 Å². The molecule has 47 heavy (non-hydrogen) atoms. The predicted molar refractivity (Wildman–Crippen MR) is 161 cm³/mol. The molecule has 5 unspecified atom stereocenters. The Morgan fingerprint density at radius 1 is 0.851 bits per heavy atom. The van der Waals surface area contributed by atoms with E-state index in [0.717, 1.165) is 12.1 Å². The number of aliphatic hydroxyl groups is 3. The number of methoxy groups -OCH3 is 2. The number of phenolic OH excluding ortho intramolecular Hbond substituents is 4. The first kappa shape index (κ1) is 32.9. The molecule has 0 bridgehead atoms. The molecule has 1 saturated heterocycles. The minimum Gasteiger partial charge on any atom is -0.504 e. The second kappa shape index (κ2) is 13.5. The zero-order valence-corrected chi connectivity index (χ0v) is 24.8. The lowest BCUT2D eigenvalue weighted by Gasteiger charge is -2.40. The average molecular weight is 655 g/mol. The van der Waals surface area contributed by atoms with Gasteiger partial charge in [-0.05, 0) is 42.0 Å². The number of fused-ring (bicyclic) bond motifs is 1. The van der Waals surface area contributed by atoms with Gasteiger partial charge in [-0.15, -0.1) is 0 Å². The second-order valence-corrected chi connectivity index (χ2v) is 10.3. The van der Waals surface area contributed by atoms with Gasteiger partial charge in [-0.25, -0.2) is 4.79 Å². The molecule has 4 aromatic rings. The number of esters is 1. The summed E-state index contributed by atoms with van der Waals surface area (Å²) in [6.07, 6.45) is -6.20. The maximum absolute atomic E-state index is 13.1. The van der Waals surface area contributed by atoms with Crippen molar-refractivity contribution in [2.24, 2.45) is 0 Å². The molecule has 2 heterocycles. The van der Waals surface area contributed by atoms with E-state index in [0.29, 0.717) is 11.1 Å². The SMILES string of the molecule is COc1cc(-c2cc(=O)c3c(O)c(OC)c(OC4OC(COC(=O)C=Cc5ccc(O)c(O)c5)C(O)C(O)C4O)cc3o2)ccc1O. The van der Waals surface area contributed by atoms with Crippen LogP contribution in [0.15, 0.2) is 63.8 Å². The number of benzene rings is 3. The minimum absolute atomic E-state index is 0.0435. The predicted octanol–water partition coefficient (Wildman–Crippen LogP) is 1.74. The lowest BCUT2D eigenvalue weighted by molar-refractivity contribution is -0.278. The molecule has 0 saturated carbocycles. The molecule has 0 radical (unpaired) electrons. The van der Waals surface area contributed by atoms with Crippen molar-refractivity contribution in [1.82, 2.24) is 0 Å². The van der Waals surface area contributed by atoms with E-state index in [1.807, 2.05) is 0 Å². The molecule has 5 atom stereocenters. The number of rotatable bonds is 9. The van der Waals surface area contributed by atoms with Gasteiger partial charge in [-0.2, -0.15) is 0 Å². The van der Waals surface area contributed by atoms with Gasteiger partial charge in [-0.1, -0.05) is 6.07 Å². The average Bonchev–Trinajstić information content (AvgIpc) is 3.05. The van der Waals surface area contributed by atoms with Crippen LogP contribution in [-0.4, -0.2) is 93.2 Å². The van der Waals surface area contributed by atoms with Gasteiger partial charge in [0.05, 0.1) is 14.2 Å². The molecule has 15 heteroatoms. The molecule has 1 aliphatic heterocycles. The Hall–Kier alpha value is -5.48. The topological polar surface area (TPSA) is 235 Å². The molecule has 1 aromatic heterocycles. The molecule has 0 amide bonds. The van der Waals surface area contributed by atoms with E-state index in [1.54, 1.807) is 0 Å². The van der Waals surface area contributed by atoms with Gasteiger partial charge < -0.3 is 63.8 Å². The lowest BCUT2D eigenvalue weighted by Crippen LogP contribution is -2.60. The number of aliphatic hydroxyl groups excluding tert-OH is 3. The van der Waals surface area contributed by atoms with Crippen molar-refractivity contribution in [1.29, 1.82) is 0 Å². The first-order chi connectivity index (χ1) is 22.4. The van der Waals surface area contributed by atoms with Crippen molar-refractivity contribution in [3.63, 3.8) is 0 Å². The molecular weight excluding hydrogens is 624 g/mol. The molecule has 1 aliphatic rings. The fraction of sp³-hybridized carbons (Fsp3) is 0.250. The highest BCUT2D eigenvalue weighted by atomic mass is 16.7. The summed E-state index contributed by atoms with van der Waals surface area (Å²) in [4.78, 5) is 25.3. The van der Waals surface area contributed by atoms with Crippen molar-refractivity contribution >= 4 is 23.0 Å². The number of phenols is 4. The first-order valence-electron chi connectivity index (χ1n) is 13.9. The van der Waals surface area contributed by atoms with Crippen LogP contribution in [0, 0.1) is 0 Å². The number of ether oxygens (including phenoxy) is 5. The maximum atomic E-state index is 13.1. The van der Waals surface area contributed by atoms with Crippen molar-refractivity contribution in [2.75, 3.05) is 20.8 Å². The fourth-order valence-electron chi connectivity index (χ4n) is 4.82. The summed E-state index contributed by atoms with van der Waals surface area (Å²) in [5.74, 6) is -2.89. The third-order valence-corrected chi connectivity index (χ3v) is 7.29. The Morgan fingerprint density at radius 3 is 2.30 bits per heavy atom. The van der Waals surface area contributed by atoms with E-state index in [9.17, 15) is 45.3 Å². The van der Waals surface area contributed by atoms with Gasteiger partial charge in [0.25, 0.3) is 0 Å².